The second kappa shape index (κ2) is 10.2. The minimum atomic E-state index is -0.490. The van der Waals surface area contributed by atoms with Gasteiger partial charge >= 0.3 is 5.97 Å². The molecule has 1 fully saturated rings. The number of hydrogen-bond acceptors (Lipinski definition) is 6. The number of carbonyl (C=O) groups is 2. The highest BCUT2D eigenvalue weighted by molar-refractivity contribution is 8.00. The van der Waals surface area contributed by atoms with Gasteiger partial charge in [0.2, 0.25) is 5.91 Å². The van der Waals surface area contributed by atoms with Gasteiger partial charge < -0.3 is 10.1 Å². The Hall–Kier alpha value is -2.07. The molecular weight excluding hydrogens is 350 g/mol. The van der Waals surface area contributed by atoms with Gasteiger partial charge in [0.25, 0.3) is 0 Å². The smallest absolute Gasteiger partial charge is 0.340 e. The molecule has 1 N–H and O–H groups in total. The molecule has 0 aromatic carbocycles. The Labute approximate surface area is 158 Å². The normalized spacial score (nSPS) is 14.5. The lowest BCUT2D eigenvalue weighted by molar-refractivity contribution is -0.118. The van der Waals surface area contributed by atoms with Crippen molar-refractivity contribution >= 4 is 23.6 Å². The van der Waals surface area contributed by atoms with Crippen LogP contribution in [0.2, 0.25) is 0 Å². The van der Waals surface area contributed by atoms with Crippen LogP contribution in [0.4, 0.5) is 0 Å². The number of thioether (sulfide) groups is 1. The number of amides is 1. The molecule has 140 valence electrons. The molecule has 0 aliphatic heterocycles. The summed E-state index contributed by atoms with van der Waals surface area (Å²) in [6, 6.07) is 3.53. The average molecular weight is 375 g/mol. The first-order valence-electron chi connectivity index (χ1n) is 9.03. The maximum atomic E-state index is 12.1. The molecule has 0 radical (unpaired) electrons. The third-order valence-corrected chi connectivity index (χ3v) is 5.44. The molecule has 1 heterocycles. The van der Waals surface area contributed by atoms with Crippen LogP contribution >= 0.6 is 11.8 Å². The third kappa shape index (κ3) is 5.73. The summed E-state index contributed by atoms with van der Waals surface area (Å²) >= 11 is 1.22. The minimum Gasteiger partial charge on any atom is -0.462 e. The predicted octanol–water partition coefficient (Wildman–Crippen LogP) is 3.23. The fourth-order valence-electron chi connectivity index (χ4n) is 3.02. The van der Waals surface area contributed by atoms with Gasteiger partial charge in [-0.05, 0) is 38.7 Å². The number of nitrogens with zero attached hydrogens (tertiary/aromatic N) is 2. The number of aromatic nitrogens is 1. The van der Waals surface area contributed by atoms with E-state index < -0.39 is 5.97 Å². The Kier molecular flexibility index (Phi) is 7.92. The Balaban J connectivity index is 1.93. The molecule has 26 heavy (non-hydrogen) atoms. The number of aryl methyl sites for hydroxylation is 1. The van der Waals surface area contributed by atoms with Crippen LogP contribution in [0.25, 0.3) is 0 Å². The molecule has 6 nitrogen and oxygen atoms in total. The molecule has 0 unspecified atom stereocenters. The Morgan fingerprint density at radius 1 is 1.38 bits per heavy atom. The zero-order valence-corrected chi connectivity index (χ0v) is 16.2. The van der Waals surface area contributed by atoms with Gasteiger partial charge in [0, 0.05) is 6.54 Å². The molecule has 1 saturated carbocycles. The van der Waals surface area contributed by atoms with Crippen molar-refractivity contribution in [3.05, 3.63) is 22.9 Å². The van der Waals surface area contributed by atoms with E-state index in [-0.39, 0.29) is 29.4 Å². The van der Waals surface area contributed by atoms with Crippen LogP contribution in [0.3, 0.4) is 0 Å². The van der Waals surface area contributed by atoms with E-state index >= 15 is 0 Å². The van der Waals surface area contributed by atoms with Crippen LogP contribution in [-0.4, -0.2) is 35.8 Å². The number of pyridine rings is 1. The van der Waals surface area contributed by atoms with Gasteiger partial charge in [-0.3, -0.25) is 4.79 Å². The van der Waals surface area contributed by atoms with E-state index in [4.69, 9.17) is 4.74 Å². The molecule has 1 amide bonds. The molecule has 0 atom stereocenters. The number of ether oxygens (including phenoxy) is 1. The summed E-state index contributed by atoms with van der Waals surface area (Å²) in [6.07, 6.45) is 6.15. The van der Waals surface area contributed by atoms with E-state index in [1.165, 1.54) is 49.9 Å². The molecular formula is C19H25N3O3S. The molecule has 1 aliphatic rings. The summed E-state index contributed by atoms with van der Waals surface area (Å²) in [5.41, 5.74) is 1.06. The molecule has 2 rings (SSSR count). The van der Waals surface area contributed by atoms with E-state index in [1.54, 1.807) is 13.8 Å². The van der Waals surface area contributed by atoms with E-state index in [1.807, 2.05) is 6.07 Å². The zero-order chi connectivity index (χ0) is 18.9. The maximum Gasteiger partial charge on any atom is 0.340 e. The quantitative estimate of drug-likeness (QED) is 0.581. The summed E-state index contributed by atoms with van der Waals surface area (Å²) < 4.78 is 4.98. The molecule has 1 aromatic rings. The molecule has 0 bridgehead atoms. The predicted molar refractivity (Wildman–Crippen MR) is 100.0 cm³/mol. The summed E-state index contributed by atoms with van der Waals surface area (Å²) in [7, 11) is 0. The van der Waals surface area contributed by atoms with Gasteiger partial charge in [-0.2, -0.15) is 5.26 Å². The van der Waals surface area contributed by atoms with Crippen molar-refractivity contribution in [3.63, 3.8) is 0 Å². The van der Waals surface area contributed by atoms with Gasteiger partial charge in [-0.1, -0.05) is 31.0 Å². The molecule has 0 spiro atoms. The van der Waals surface area contributed by atoms with E-state index in [9.17, 15) is 14.9 Å². The van der Waals surface area contributed by atoms with Crippen LogP contribution in [0.5, 0.6) is 0 Å². The Bertz CT molecular complexity index is 694. The number of nitriles is 1. The second-order valence-corrected chi connectivity index (χ2v) is 7.37. The number of hydrogen-bond donors (Lipinski definition) is 1. The monoisotopic (exact) mass is 375 g/mol. The molecule has 1 aromatic heterocycles. The Morgan fingerprint density at radius 3 is 2.77 bits per heavy atom. The van der Waals surface area contributed by atoms with E-state index in [0.717, 1.165) is 6.54 Å². The lowest BCUT2D eigenvalue weighted by Crippen LogP contribution is -2.31. The SMILES string of the molecule is CCOC(=O)c1cc(C#N)c(SCC(=O)NCC2CCCCC2)nc1C. The number of carbonyl (C=O) groups excluding carboxylic acids is 2. The van der Waals surface area contributed by atoms with Crippen molar-refractivity contribution in [2.24, 2.45) is 5.92 Å². The Morgan fingerprint density at radius 2 is 2.12 bits per heavy atom. The highest BCUT2D eigenvalue weighted by atomic mass is 32.2. The molecule has 0 saturated heterocycles. The van der Waals surface area contributed by atoms with Crippen LogP contribution in [0.15, 0.2) is 11.1 Å². The summed E-state index contributed by atoms with van der Waals surface area (Å²) in [4.78, 5) is 28.3. The van der Waals surface area contributed by atoms with Crippen LogP contribution in [0, 0.1) is 24.2 Å². The molecule has 1 aliphatic carbocycles. The fourth-order valence-corrected chi connectivity index (χ4v) is 3.85. The van der Waals surface area contributed by atoms with Crippen LogP contribution in [0.1, 0.15) is 60.6 Å². The largest absolute Gasteiger partial charge is 0.462 e. The first-order chi connectivity index (χ1) is 12.5. The van der Waals surface area contributed by atoms with Crippen molar-refractivity contribution in [2.45, 2.75) is 51.0 Å². The van der Waals surface area contributed by atoms with Gasteiger partial charge in [-0.15, -0.1) is 0 Å². The van der Waals surface area contributed by atoms with Crippen molar-refractivity contribution in [1.29, 1.82) is 5.26 Å². The fraction of sp³-hybridized carbons (Fsp3) is 0.579. The number of esters is 1. The van der Waals surface area contributed by atoms with Crippen molar-refractivity contribution in [3.8, 4) is 6.07 Å². The van der Waals surface area contributed by atoms with E-state index in [2.05, 4.69) is 10.3 Å². The van der Waals surface area contributed by atoms with Crippen LogP contribution < -0.4 is 5.32 Å². The standard InChI is InChI=1S/C19H25N3O3S/c1-3-25-19(24)16-9-15(10-20)18(22-13(16)2)26-12-17(23)21-11-14-7-5-4-6-8-14/h9,14H,3-8,11-12H2,1-2H3,(H,21,23). The highest BCUT2D eigenvalue weighted by Crippen LogP contribution is 2.24. The summed E-state index contributed by atoms with van der Waals surface area (Å²) in [5, 5.41) is 12.8. The first-order valence-corrected chi connectivity index (χ1v) is 10.0. The second-order valence-electron chi connectivity index (χ2n) is 6.40. The number of nitrogens with one attached hydrogen (secondary N) is 1. The average Bonchev–Trinajstić information content (AvgIpc) is 2.65. The van der Waals surface area contributed by atoms with Gasteiger partial charge in [0.15, 0.2) is 0 Å². The summed E-state index contributed by atoms with van der Waals surface area (Å²) in [6.45, 7) is 4.40. The van der Waals surface area contributed by atoms with Crippen molar-refractivity contribution in [1.82, 2.24) is 10.3 Å². The van der Waals surface area contributed by atoms with Gasteiger partial charge in [-0.25, -0.2) is 9.78 Å². The third-order valence-electron chi connectivity index (χ3n) is 4.45. The van der Waals surface area contributed by atoms with E-state index in [0.29, 0.717) is 16.6 Å². The lowest BCUT2D eigenvalue weighted by atomic mass is 9.89. The highest BCUT2D eigenvalue weighted by Gasteiger charge is 2.18. The maximum absolute atomic E-state index is 12.1. The van der Waals surface area contributed by atoms with Gasteiger partial charge in [0.05, 0.1) is 29.2 Å². The van der Waals surface area contributed by atoms with Crippen molar-refractivity contribution in [2.75, 3.05) is 18.9 Å². The minimum absolute atomic E-state index is 0.0571. The zero-order valence-electron chi connectivity index (χ0n) is 15.3. The summed E-state index contributed by atoms with van der Waals surface area (Å²) in [5.74, 6) is 0.234. The molecule has 7 heteroatoms. The topological polar surface area (TPSA) is 92.1 Å². The number of rotatable bonds is 7. The first kappa shape index (κ1) is 20.2. The van der Waals surface area contributed by atoms with Crippen LogP contribution in [-0.2, 0) is 9.53 Å². The van der Waals surface area contributed by atoms with Crippen molar-refractivity contribution < 1.29 is 14.3 Å². The van der Waals surface area contributed by atoms with Gasteiger partial charge in [0.1, 0.15) is 11.1 Å². The lowest BCUT2D eigenvalue weighted by Gasteiger charge is -2.21.